The number of nitriles is 1. The van der Waals surface area contributed by atoms with E-state index in [0.717, 1.165) is 67.3 Å². The fourth-order valence-electron chi connectivity index (χ4n) is 4.22. The zero-order chi connectivity index (χ0) is 19.8. The molecule has 0 saturated carbocycles. The van der Waals surface area contributed by atoms with Gasteiger partial charge in [-0.15, -0.1) is 0 Å². The highest BCUT2D eigenvalue weighted by Crippen LogP contribution is 2.38. The summed E-state index contributed by atoms with van der Waals surface area (Å²) in [6.45, 7) is 3.37. The molecule has 0 atom stereocenters. The standard InChI is InChI=1S/C22H21ClN6/c23-18-11-16-3-1-2-4-19(16)27-21(18)29-13-17(14-29)20-22(26-8-7-25-20)28-9-5-15(12-24)6-10-28/h1-4,7-8,11,15,17H,5-6,9-10,13-14H2. The number of fused-ring (bicyclic) bond motifs is 1. The van der Waals surface area contributed by atoms with Gasteiger partial charge in [-0.05, 0) is 25.0 Å². The first kappa shape index (κ1) is 18.1. The van der Waals surface area contributed by atoms with Crippen molar-refractivity contribution in [3.05, 3.63) is 53.4 Å². The van der Waals surface area contributed by atoms with E-state index in [-0.39, 0.29) is 5.92 Å². The van der Waals surface area contributed by atoms with Crippen molar-refractivity contribution in [3.63, 3.8) is 0 Å². The maximum absolute atomic E-state index is 9.15. The summed E-state index contributed by atoms with van der Waals surface area (Å²) in [5.41, 5.74) is 1.99. The van der Waals surface area contributed by atoms with Gasteiger partial charge in [0.2, 0.25) is 0 Å². The third-order valence-electron chi connectivity index (χ3n) is 5.91. The van der Waals surface area contributed by atoms with Crippen LogP contribution in [0.2, 0.25) is 5.02 Å². The maximum atomic E-state index is 9.15. The van der Waals surface area contributed by atoms with Gasteiger partial charge in [-0.1, -0.05) is 29.8 Å². The lowest BCUT2D eigenvalue weighted by molar-refractivity contribution is 0.473. The molecule has 5 rings (SSSR count). The van der Waals surface area contributed by atoms with E-state index >= 15 is 0 Å². The molecule has 2 aliphatic heterocycles. The molecule has 2 fully saturated rings. The van der Waals surface area contributed by atoms with Gasteiger partial charge in [-0.2, -0.15) is 5.26 Å². The van der Waals surface area contributed by atoms with Crippen molar-refractivity contribution in [2.24, 2.45) is 5.92 Å². The van der Waals surface area contributed by atoms with E-state index in [0.29, 0.717) is 10.9 Å². The van der Waals surface area contributed by atoms with E-state index in [1.54, 1.807) is 12.4 Å². The quantitative estimate of drug-likeness (QED) is 0.656. The zero-order valence-corrected chi connectivity index (χ0v) is 16.8. The Morgan fingerprint density at radius 1 is 1.00 bits per heavy atom. The number of para-hydroxylation sites is 1. The lowest BCUT2D eigenvalue weighted by atomic mass is 9.94. The molecule has 146 valence electrons. The molecule has 1 aromatic carbocycles. The van der Waals surface area contributed by atoms with E-state index in [4.69, 9.17) is 21.8 Å². The number of piperidine rings is 1. The summed E-state index contributed by atoms with van der Waals surface area (Å²) < 4.78 is 0. The normalized spacial score (nSPS) is 17.9. The van der Waals surface area contributed by atoms with Crippen LogP contribution in [0.15, 0.2) is 42.7 Å². The van der Waals surface area contributed by atoms with Crippen LogP contribution < -0.4 is 9.80 Å². The number of hydrogen-bond donors (Lipinski definition) is 0. The topological polar surface area (TPSA) is 68.9 Å². The van der Waals surface area contributed by atoms with Crippen molar-refractivity contribution >= 4 is 34.1 Å². The van der Waals surface area contributed by atoms with Crippen molar-refractivity contribution in [1.82, 2.24) is 15.0 Å². The monoisotopic (exact) mass is 404 g/mol. The number of halogens is 1. The van der Waals surface area contributed by atoms with E-state index in [2.05, 4.69) is 25.8 Å². The third-order valence-corrected chi connectivity index (χ3v) is 6.19. The van der Waals surface area contributed by atoms with Gasteiger partial charge in [-0.3, -0.25) is 4.98 Å². The molecule has 3 aromatic rings. The van der Waals surface area contributed by atoms with Crippen LogP contribution in [0, 0.1) is 17.2 Å². The highest BCUT2D eigenvalue weighted by molar-refractivity contribution is 6.33. The smallest absolute Gasteiger partial charge is 0.150 e. The fraction of sp³-hybridized carbons (Fsp3) is 0.364. The van der Waals surface area contributed by atoms with Crippen LogP contribution in [0.4, 0.5) is 11.6 Å². The Kier molecular flexibility index (Phi) is 4.69. The Morgan fingerprint density at radius 2 is 1.76 bits per heavy atom. The molecule has 0 unspecified atom stereocenters. The van der Waals surface area contributed by atoms with Crippen LogP contribution in [0.1, 0.15) is 24.5 Å². The number of aromatic nitrogens is 3. The number of nitrogens with zero attached hydrogens (tertiary/aromatic N) is 6. The Labute approximate surface area is 174 Å². The van der Waals surface area contributed by atoms with Crippen LogP contribution in [0.5, 0.6) is 0 Å². The van der Waals surface area contributed by atoms with E-state index in [1.807, 2.05) is 30.3 Å². The summed E-state index contributed by atoms with van der Waals surface area (Å²) >= 11 is 6.52. The van der Waals surface area contributed by atoms with Gasteiger partial charge >= 0.3 is 0 Å². The Bertz CT molecular complexity index is 1080. The number of hydrogen-bond acceptors (Lipinski definition) is 6. The van der Waals surface area contributed by atoms with Crippen molar-refractivity contribution in [3.8, 4) is 6.07 Å². The summed E-state index contributed by atoms with van der Waals surface area (Å²) in [5.74, 6) is 2.26. The van der Waals surface area contributed by atoms with Crippen LogP contribution in [0.3, 0.4) is 0 Å². The van der Waals surface area contributed by atoms with Crippen LogP contribution in [-0.4, -0.2) is 41.1 Å². The van der Waals surface area contributed by atoms with Gasteiger partial charge in [0.05, 0.1) is 22.3 Å². The molecule has 6 nitrogen and oxygen atoms in total. The minimum absolute atomic E-state index is 0.159. The van der Waals surface area contributed by atoms with Crippen molar-refractivity contribution in [2.75, 3.05) is 36.0 Å². The number of rotatable bonds is 3. The molecule has 2 aliphatic rings. The third kappa shape index (κ3) is 3.36. The fourth-order valence-corrected chi connectivity index (χ4v) is 4.50. The maximum Gasteiger partial charge on any atom is 0.150 e. The first-order valence-electron chi connectivity index (χ1n) is 9.98. The van der Waals surface area contributed by atoms with E-state index in [1.165, 1.54) is 0 Å². The van der Waals surface area contributed by atoms with Crippen LogP contribution >= 0.6 is 11.6 Å². The van der Waals surface area contributed by atoms with Gasteiger partial charge in [-0.25, -0.2) is 9.97 Å². The first-order chi connectivity index (χ1) is 14.2. The molecule has 2 saturated heterocycles. The molecule has 29 heavy (non-hydrogen) atoms. The predicted octanol–water partition coefficient (Wildman–Crippen LogP) is 4.02. The first-order valence-corrected chi connectivity index (χ1v) is 10.4. The molecule has 0 bridgehead atoms. The molecule has 0 N–H and O–H groups in total. The Morgan fingerprint density at radius 3 is 2.55 bits per heavy atom. The zero-order valence-electron chi connectivity index (χ0n) is 16.0. The second-order valence-corrected chi connectivity index (χ2v) is 8.15. The van der Waals surface area contributed by atoms with E-state index < -0.39 is 0 Å². The predicted molar refractivity (Wildman–Crippen MR) is 114 cm³/mol. The SMILES string of the molecule is N#CC1CCN(c2nccnc2C2CN(c3nc4ccccc4cc3Cl)C2)CC1. The summed E-state index contributed by atoms with van der Waals surface area (Å²) in [5, 5.41) is 10.9. The number of pyridine rings is 1. The second-order valence-electron chi connectivity index (χ2n) is 7.74. The van der Waals surface area contributed by atoms with Gasteiger partial charge < -0.3 is 9.80 Å². The van der Waals surface area contributed by atoms with Gasteiger partial charge in [0.1, 0.15) is 5.82 Å². The summed E-state index contributed by atoms with van der Waals surface area (Å²) in [6, 6.07) is 12.4. The summed E-state index contributed by atoms with van der Waals surface area (Å²) in [6.07, 6.45) is 5.30. The van der Waals surface area contributed by atoms with Crippen molar-refractivity contribution in [2.45, 2.75) is 18.8 Å². The molecular weight excluding hydrogens is 384 g/mol. The van der Waals surface area contributed by atoms with Crippen molar-refractivity contribution in [1.29, 1.82) is 5.26 Å². The lowest BCUT2D eigenvalue weighted by Crippen LogP contribution is -2.47. The molecule has 4 heterocycles. The van der Waals surface area contributed by atoms with Crippen LogP contribution in [-0.2, 0) is 0 Å². The minimum Gasteiger partial charge on any atom is -0.355 e. The van der Waals surface area contributed by atoms with Gasteiger partial charge in [0, 0.05) is 55.8 Å². The minimum atomic E-state index is 0.159. The van der Waals surface area contributed by atoms with Gasteiger partial charge in [0.25, 0.3) is 0 Å². The Hall–Kier alpha value is -2.91. The summed E-state index contributed by atoms with van der Waals surface area (Å²) in [4.78, 5) is 18.6. The van der Waals surface area contributed by atoms with Crippen LogP contribution in [0.25, 0.3) is 10.9 Å². The van der Waals surface area contributed by atoms with E-state index in [9.17, 15) is 0 Å². The largest absolute Gasteiger partial charge is 0.355 e. The summed E-state index contributed by atoms with van der Waals surface area (Å²) in [7, 11) is 0. The number of benzene rings is 1. The number of anilines is 2. The highest BCUT2D eigenvalue weighted by Gasteiger charge is 2.35. The van der Waals surface area contributed by atoms with Crippen molar-refractivity contribution < 1.29 is 0 Å². The Balaban J connectivity index is 1.34. The highest BCUT2D eigenvalue weighted by atomic mass is 35.5. The average Bonchev–Trinajstić information content (AvgIpc) is 2.73. The molecular formula is C22H21ClN6. The average molecular weight is 405 g/mol. The molecule has 0 spiro atoms. The molecule has 2 aromatic heterocycles. The van der Waals surface area contributed by atoms with Gasteiger partial charge in [0.15, 0.2) is 5.82 Å². The molecule has 0 aliphatic carbocycles. The second kappa shape index (κ2) is 7.49. The molecule has 0 amide bonds. The molecule has 7 heteroatoms. The lowest BCUT2D eigenvalue weighted by Gasteiger charge is -2.41. The molecule has 0 radical (unpaired) electrons.